The van der Waals surface area contributed by atoms with Gasteiger partial charge in [-0.2, -0.15) is 0 Å². The summed E-state index contributed by atoms with van der Waals surface area (Å²) in [5.41, 5.74) is -0.306. The molecule has 3 N–H and O–H groups in total. The van der Waals surface area contributed by atoms with Crippen molar-refractivity contribution in [2.75, 3.05) is 16.6 Å². The van der Waals surface area contributed by atoms with Crippen LogP contribution in [0.25, 0.3) is 0 Å². The smallest absolute Gasteiger partial charge is 0.355 e. The Balaban J connectivity index is 1.62. The zero-order valence-corrected chi connectivity index (χ0v) is 17.8. The SMILES string of the molecule is O=C(COC(=O)c1cc(S(=O)(=O)Nc2ccccc2F)c[nH]1)Nc1c(Cl)cccc1Cl. The number of esters is 1. The second-order valence-electron chi connectivity index (χ2n) is 6.06. The van der Waals surface area contributed by atoms with Crippen LogP contribution in [-0.2, 0) is 19.6 Å². The number of benzene rings is 2. The summed E-state index contributed by atoms with van der Waals surface area (Å²) < 4.78 is 45.4. The first-order valence-electron chi connectivity index (χ1n) is 8.54. The number of sulfonamides is 1. The van der Waals surface area contributed by atoms with E-state index in [-0.39, 0.29) is 32.0 Å². The molecule has 3 aromatic rings. The number of aromatic amines is 1. The Morgan fingerprint density at radius 2 is 1.74 bits per heavy atom. The van der Waals surface area contributed by atoms with Gasteiger partial charge in [-0.15, -0.1) is 0 Å². The van der Waals surface area contributed by atoms with Gasteiger partial charge in [-0.3, -0.25) is 9.52 Å². The van der Waals surface area contributed by atoms with Crippen molar-refractivity contribution in [2.45, 2.75) is 4.90 Å². The number of amides is 1. The molecule has 3 rings (SSSR count). The second-order valence-corrected chi connectivity index (χ2v) is 8.55. The van der Waals surface area contributed by atoms with E-state index in [1.807, 2.05) is 0 Å². The van der Waals surface area contributed by atoms with Crippen LogP contribution in [-0.4, -0.2) is 31.9 Å². The largest absolute Gasteiger partial charge is 0.451 e. The lowest BCUT2D eigenvalue weighted by atomic mass is 10.3. The van der Waals surface area contributed by atoms with Gasteiger partial charge in [0.25, 0.3) is 15.9 Å². The van der Waals surface area contributed by atoms with E-state index in [0.717, 1.165) is 18.3 Å². The van der Waals surface area contributed by atoms with E-state index in [0.29, 0.717) is 0 Å². The number of halogens is 3. The van der Waals surface area contributed by atoms with E-state index < -0.39 is 34.3 Å². The average Bonchev–Trinajstić information content (AvgIpc) is 3.22. The Morgan fingerprint density at radius 3 is 2.42 bits per heavy atom. The van der Waals surface area contributed by atoms with Crippen molar-refractivity contribution in [1.82, 2.24) is 4.98 Å². The minimum absolute atomic E-state index is 0.166. The molecule has 0 unspecified atom stereocenters. The summed E-state index contributed by atoms with van der Waals surface area (Å²) in [5, 5.41) is 2.82. The number of hydrogen-bond donors (Lipinski definition) is 3. The van der Waals surface area contributed by atoms with Crippen molar-refractivity contribution >= 4 is 56.5 Å². The van der Waals surface area contributed by atoms with Crippen LogP contribution in [0.1, 0.15) is 10.5 Å². The van der Waals surface area contributed by atoms with E-state index in [4.69, 9.17) is 27.9 Å². The molecule has 0 aliphatic carbocycles. The van der Waals surface area contributed by atoms with Crippen LogP contribution >= 0.6 is 23.2 Å². The van der Waals surface area contributed by atoms with Gasteiger partial charge >= 0.3 is 5.97 Å². The second kappa shape index (κ2) is 9.38. The van der Waals surface area contributed by atoms with Crippen molar-refractivity contribution in [3.05, 3.63) is 76.3 Å². The highest BCUT2D eigenvalue weighted by molar-refractivity contribution is 7.92. The fourth-order valence-corrected chi connectivity index (χ4v) is 3.95. The molecule has 0 radical (unpaired) electrons. The Morgan fingerprint density at radius 1 is 1.06 bits per heavy atom. The molecule has 1 aromatic heterocycles. The molecule has 0 atom stereocenters. The number of para-hydroxylation sites is 2. The van der Waals surface area contributed by atoms with Crippen LogP contribution in [0, 0.1) is 5.82 Å². The summed E-state index contributed by atoms with van der Waals surface area (Å²) in [7, 11) is -4.17. The van der Waals surface area contributed by atoms with Crippen LogP contribution in [0.2, 0.25) is 10.0 Å². The van der Waals surface area contributed by atoms with Gasteiger partial charge in [0.05, 0.1) is 21.4 Å². The predicted octanol–water partition coefficient (Wildman–Crippen LogP) is 4.06. The lowest BCUT2D eigenvalue weighted by Gasteiger charge is -2.09. The third-order valence-electron chi connectivity index (χ3n) is 3.87. The van der Waals surface area contributed by atoms with E-state index in [1.165, 1.54) is 30.3 Å². The van der Waals surface area contributed by atoms with Gasteiger partial charge in [-0.25, -0.2) is 17.6 Å². The molecule has 0 aliphatic heterocycles. The quantitative estimate of drug-likeness (QED) is 0.436. The molecule has 31 heavy (non-hydrogen) atoms. The number of ether oxygens (including phenoxy) is 1. The molecule has 0 fully saturated rings. The molecule has 1 amide bonds. The van der Waals surface area contributed by atoms with Crippen molar-refractivity contribution in [3.8, 4) is 0 Å². The summed E-state index contributed by atoms with van der Waals surface area (Å²) in [5.74, 6) is -2.44. The van der Waals surface area contributed by atoms with Crippen molar-refractivity contribution in [1.29, 1.82) is 0 Å². The molecule has 0 aliphatic rings. The Bertz CT molecular complexity index is 1230. The topological polar surface area (TPSA) is 117 Å². The maximum atomic E-state index is 13.7. The summed E-state index contributed by atoms with van der Waals surface area (Å²) in [4.78, 5) is 26.2. The first-order valence-corrected chi connectivity index (χ1v) is 10.8. The molecule has 8 nitrogen and oxygen atoms in total. The fraction of sp³-hybridized carbons (Fsp3) is 0.0526. The monoisotopic (exact) mass is 485 g/mol. The van der Waals surface area contributed by atoms with E-state index in [1.54, 1.807) is 6.07 Å². The van der Waals surface area contributed by atoms with E-state index >= 15 is 0 Å². The molecule has 12 heteroatoms. The Hall–Kier alpha value is -3.08. The minimum Gasteiger partial charge on any atom is -0.451 e. The molecule has 0 saturated carbocycles. The maximum absolute atomic E-state index is 13.7. The number of H-pyrrole nitrogens is 1. The van der Waals surface area contributed by atoms with Gasteiger partial charge in [0.15, 0.2) is 6.61 Å². The standard InChI is InChI=1S/C19H14Cl2FN3O5S/c20-12-4-3-5-13(21)18(12)24-17(26)10-30-19(27)16-8-11(9-23-16)31(28,29)25-15-7-2-1-6-14(15)22/h1-9,23,25H,10H2,(H,24,26). The van der Waals surface area contributed by atoms with Gasteiger partial charge in [0.1, 0.15) is 16.4 Å². The molecule has 1 heterocycles. The minimum atomic E-state index is -4.17. The van der Waals surface area contributed by atoms with Crippen molar-refractivity contribution in [3.63, 3.8) is 0 Å². The third-order valence-corrected chi connectivity index (χ3v) is 5.84. The third kappa shape index (κ3) is 5.54. The van der Waals surface area contributed by atoms with E-state index in [9.17, 15) is 22.4 Å². The van der Waals surface area contributed by atoms with E-state index in [2.05, 4.69) is 15.0 Å². The average molecular weight is 486 g/mol. The normalized spacial score (nSPS) is 11.1. The Labute approximate surface area is 186 Å². The van der Waals surface area contributed by atoms with Gasteiger partial charge in [0.2, 0.25) is 0 Å². The van der Waals surface area contributed by atoms with Crippen LogP contribution < -0.4 is 10.0 Å². The van der Waals surface area contributed by atoms with Crippen molar-refractivity contribution < 1.29 is 27.1 Å². The van der Waals surface area contributed by atoms with Gasteiger partial charge < -0.3 is 15.0 Å². The summed E-state index contributed by atoms with van der Waals surface area (Å²) in [6.45, 7) is -0.672. The molecule has 0 bridgehead atoms. The summed E-state index contributed by atoms with van der Waals surface area (Å²) >= 11 is 11.9. The highest BCUT2D eigenvalue weighted by atomic mass is 35.5. The molecular weight excluding hydrogens is 472 g/mol. The molecule has 0 saturated heterocycles. The van der Waals surface area contributed by atoms with Crippen LogP contribution in [0.15, 0.2) is 59.6 Å². The zero-order valence-electron chi connectivity index (χ0n) is 15.5. The molecule has 0 spiro atoms. The highest BCUT2D eigenvalue weighted by Gasteiger charge is 2.21. The Kier molecular flexibility index (Phi) is 6.84. The maximum Gasteiger partial charge on any atom is 0.355 e. The van der Waals surface area contributed by atoms with Gasteiger partial charge in [-0.1, -0.05) is 41.4 Å². The lowest BCUT2D eigenvalue weighted by molar-refractivity contribution is -0.119. The molecule has 162 valence electrons. The first-order chi connectivity index (χ1) is 14.7. The number of carbonyl (C=O) groups is 2. The van der Waals surface area contributed by atoms with Crippen LogP contribution in [0.5, 0.6) is 0 Å². The predicted molar refractivity (Wildman–Crippen MR) is 113 cm³/mol. The number of rotatable bonds is 7. The van der Waals surface area contributed by atoms with Crippen molar-refractivity contribution in [2.24, 2.45) is 0 Å². The molecule has 2 aromatic carbocycles. The van der Waals surface area contributed by atoms with Gasteiger partial charge in [0, 0.05) is 6.20 Å². The summed E-state index contributed by atoms with van der Waals surface area (Å²) in [6, 6.07) is 10.8. The molecular formula is C19H14Cl2FN3O5S. The number of hydrogen-bond acceptors (Lipinski definition) is 5. The highest BCUT2D eigenvalue weighted by Crippen LogP contribution is 2.29. The van der Waals surface area contributed by atoms with Gasteiger partial charge in [-0.05, 0) is 30.3 Å². The summed E-state index contributed by atoms with van der Waals surface area (Å²) in [6.07, 6.45) is 1.03. The number of aromatic nitrogens is 1. The number of anilines is 2. The lowest BCUT2D eigenvalue weighted by Crippen LogP contribution is -2.21. The van der Waals surface area contributed by atoms with Crippen LogP contribution in [0.4, 0.5) is 15.8 Å². The first kappa shape index (κ1) is 22.6. The zero-order chi connectivity index (χ0) is 22.6. The number of carbonyl (C=O) groups excluding carboxylic acids is 2. The van der Waals surface area contributed by atoms with Crippen LogP contribution in [0.3, 0.4) is 0 Å². The fourth-order valence-electron chi connectivity index (χ4n) is 2.40. The number of nitrogens with one attached hydrogen (secondary N) is 3.